The summed E-state index contributed by atoms with van der Waals surface area (Å²) in [5.74, 6) is -2.67. The fourth-order valence-corrected chi connectivity index (χ4v) is 10.5. The monoisotopic (exact) mass is 978 g/mol. The maximum Gasteiger partial charge on any atom is 0.336 e. The Bertz CT molecular complexity index is 4020. The van der Waals surface area contributed by atoms with Gasteiger partial charge in [0.1, 0.15) is 26.3 Å². The van der Waals surface area contributed by atoms with Gasteiger partial charge in [0.15, 0.2) is 11.6 Å². The molecule has 2 aromatic carbocycles. The van der Waals surface area contributed by atoms with Crippen LogP contribution in [0.25, 0.3) is 74.8 Å². The zero-order valence-corrected chi connectivity index (χ0v) is 37.7. The van der Waals surface area contributed by atoms with Crippen molar-refractivity contribution >= 4 is 88.4 Å². The molecule has 0 amide bonds. The number of aryl methyl sites for hydroxylation is 4. The maximum absolute atomic E-state index is 13.9. The van der Waals surface area contributed by atoms with Gasteiger partial charge < -0.3 is 9.13 Å². The average molecular weight is 980 g/mol. The van der Waals surface area contributed by atoms with Gasteiger partial charge in [0, 0.05) is 48.1 Å². The van der Waals surface area contributed by atoms with E-state index in [2.05, 4.69) is 19.9 Å². The van der Waals surface area contributed by atoms with Crippen LogP contribution in [-0.2, 0) is 27.2 Å². The lowest BCUT2D eigenvalue weighted by Gasteiger charge is -2.12. The number of nitriles is 2. The lowest BCUT2D eigenvalue weighted by Crippen LogP contribution is -2.38. The van der Waals surface area contributed by atoms with E-state index in [4.69, 9.17) is 33.7 Å². The minimum Gasteiger partial charge on any atom is -0.332 e. The van der Waals surface area contributed by atoms with Gasteiger partial charge in [-0.25, -0.2) is 41.9 Å². The summed E-state index contributed by atoms with van der Waals surface area (Å²) in [4.78, 5) is 71.9. The third-order valence-corrected chi connectivity index (χ3v) is 13.6. The number of pyridine rings is 2. The first-order chi connectivity index (χ1) is 32.2. The number of benzene rings is 2. The van der Waals surface area contributed by atoms with Crippen LogP contribution in [0.3, 0.4) is 0 Å². The molecule has 0 N–H and O–H groups in total. The standard InChI is InChI=1S/C22H13ClF2N6O2S.C22H14ClFN6O2S/c1-29-10-28-15-8-27-9-17(19(15)29)31-21(32)20-16(30(22(31)33)4-2-3-26)7-18(34-20)11-5-13(24)14(25)6-12(11)23;1-28-11-27-15-9-26-10-17(19(15)28)30-21(31)20-16(29(22(30)32)6-2-5-25)8-18(33-20)13-4-3-12(24)7-14(13)23/h5-10H,2,4H2,1H3;3-4,7-11H,2,6H2,1H3. The summed E-state index contributed by atoms with van der Waals surface area (Å²) in [6.07, 6.45) is 9.12. The highest BCUT2D eigenvalue weighted by atomic mass is 35.5. The molecule has 0 aliphatic rings. The van der Waals surface area contributed by atoms with Gasteiger partial charge in [0.25, 0.3) is 11.1 Å². The Balaban J connectivity index is 0.000000168. The Morgan fingerprint density at radius 2 is 1.09 bits per heavy atom. The number of thiophene rings is 2. The summed E-state index contributed by atoms with van der Waals surface area (Å²) < 4.78 is 49.7. The largest absolute Gasteiger partial charge is 0.336 e. The molecule has 0 saturated heterocycles. The SMILES string of the molecule is Cn1cnc2cncc(-n3c(=O)c4sc(-c5cc(F)c(F)cc5Cl)cc4n(CCC#N)c3=O)c21.Cn1cnc2cncc(-n3c(=O)c4sc(-c5ccc(F)cc5Cl)cc4n(CCC#N)c3=O)c21. The van der Waals surface area contributed by atoms with Gasteiger partial charge >= 0.3 is 11.4 Å². The first-order valence-corrected chi connectivity index (χ1v) is 22.0. The number of hydrogen-bond donors (Lipinski definition) is 0. The van der Waals surface area contributed by atoms with Crippen LogP contribution >= 0.6 is 45.9 Å². The van der Waals surface area contributed by atoms with E-state index in [-0.39, 0.29) is 57.4 Å². The van der Waals surface area contributed by atoms with Crippen molar-refractivity contribution in [2.45, 2.75) is 25.9 Å². The fraction of sp³-hybridized carbons (Fsp3) is 0.136. The number of fused-ring (bicyclic) bond motifs is 4. The topological polar surface area (TPSA) is 197 Å². The molecule has 334 valence electrons. The van der Waals surface area contributed by atoms with Crippen molar-refractivity contribution < 1.29 is 13.2 Å². The third kappa shape index (κ3) is 7.67. The number of nitrogens with zero attached hydrogens (tertiary/aromatic N) is 12. The Hall–Kier alpha value is -7.69. The van der Waals surface area contributed by atoms with Gasteiger partial charge in [-0.05, 0) is 42.5 Å². The van der Waals surface area contributed by atoms with Crippen molar-refractivity contribution in [3.63, 3.8) is 0 Å². The molecule has 8 aromatic heterocycles. The third-order valence-electron chi connectivity index (χ3n) is 10.7. The lowest BCUT2D eigenvalue weighted by atomic mass is 10.1. The van der Waals surface area contributed by atoms with Gasteiger partial charge in [-0.3, -0.25) is 28.7 Å². The molecule has 0 atom stereocenters. The molecular formula is C44H27Cl2F3N12O4S2. The highest BCUT2D eigenvalue weighted by molar-refractivity contribution is 7.22. The minimum absolute atomic E-state index is 0.0124. The molecule has 10 aromatic rings. The first-order valence-electron chi connectivity index (χ1n) is 19.7. The van der Waals surface area contributed by atoms with E-state index < -0.39 is 39.9 Å². The summed E-state index contributed by atoms with van der Waals surface area (Å²) in [5.41, 5.74) is 1.67. The Labute approximate surface area is 391 Å². The Kier molecular flexibility index (Phi) is 11.7. The van der Waals surface area contributed by atoms with Gasteiger partial charge in [-0.2, -0.15) is 10.5 Å². The van der Waals surface area contributed by atoms with Gasteiger partial charge in [0.05, 0.1) is 106 Å². The molecule has 10 rings (SSSR count). The van der Waals surface area contributed by atoms with Crippen LogP contribution in [0.4, 0.5) is 13.2 Å². The Morgan fingerprint density at radius 1 is 0.627 bits per heavy atom. The summed E-state index contributed by atoms with van der Waals surface area (Å²) in [7, 11) is 3.49. The second kappa shape index (κ2) is 17.6. The minimum atomic E-state index is -1.10. The van der Waals surface area contributed by atoms with Crippen LogP contribution in [0.1, 0.15) is 12.8 Å². The normalized spacial score (nSPS) is 11.4. The van der Waals surface area contributed by atoms with E-state index in [1.807, 2.05) is 12.1 Å². The smallest absolute Gasteiger partial charge is 0.332 e. The second-order valence-electron chi connectivity index (χ2n) is 14.7. The number of rotatable bonds is 8. The zero-order chi connectivity index (χ0) is 47.4. The lowest BCUT2D eigenvalue weighted by molar-refractivity contribution is 0.509. The average Bonchev–Trinajstić information content (AvgIpc) is 4.12. The molecule has 0 bridgehead atoms. The van der Waals surface area contributed by atoms with Crippen molar-refractivity contribution in [3.05, 3.63) is 149 Å². The van der Waals surface area contributed by atoms with Crippen LogP contribution in [0.15, 0.2) is 99.1 Å². The van der Waals surface area contributed by atoms with E-state index in [0.29, 0.717) is 53.3 Å². The predicted molar refractivity (Wildman–Crippen MR) is 249 cm³/mol. The van der Waals surface area contributed by atoms with E-state index in [9.17, 15) is 32.3 Å². The van der Waals surface area contributed by atoms with Crippen molar-refractivity contribution in [1.82, 2.24) is 47.3 Å². The number of aromatic nitrogens is 10. The van der Waals surface area contributed by atoms with Crippen molar-refractivity contribution in [2.75, 3.05) is 0 Å². The van der Waals surface area contributed by atoms with Crippen LogP contribution in [0.5, 0.6) is 0 Å². The summed E-state index contributed by atoms with van der Waals surface area (Å²) in [6.45, 7) is 0.108. The highest BCUT2D eigenvalue weighted by Gasteiger charge is 2.24. The van der Waals surface area contributed by atoms with Crippen molar-refractivity contribution in [2.24, 2.45) is 14.1 Å². The van der Waals surface area contributed by atoms with E-state index in [0.717, 1.165) is 43.9 Å². The fourth-order valence-electron chi connectivity index (χ4n) is 7.66. The molecule has 0 spiro atoms. The van der Waals surface area contributed by atoms with Crippen LogP contribution in [0.2, 0.25) is 10.0 Å². The molecular weight excluding hydrogens is 953 g/mol. The van der Waals surface area contributed by atoms with Crippen LogP contribution < -0.4 is 22.5 Å². The van der Waals surface area contributed by atoms with Crippen molar-refractivity contribution in [1.29, 1.82) is 10.5 Å². The second-order valence-corrected chi connectivity index (χ2v) is 17.7. The van der Waals surface area contributed by atoms with Crippen LogP contribution in [-0.4, -0.2) is 47.3 Å². The maximum atomic E-state index is 13.9. The highest BCUT2D eigenvalue weighted by Crippen LogP contribution is 2.38. The summed E-state index contributed by atoms with van der Waals surface area (Å²) >= 11 is 14.5. The first kappa shape index (κ1) is 44.5. The molecule has 0 fully saturated rings. The van der Waals surface area contributed by atoms with E-state index in [1.54, 1.807) is 48.1 Å². The molecule has 0 radical (unpaired) electrons. The summed E-state index contributed by atoms with van der Waals surface area (Å²) in [6, 6.07) is 13.0. The molecule has 0 aliphatic carbocycles. The molecule has 8 heterocycles. The molecule has 16 nitrogen and oxygen atoms in total. The van der Waals surface area contributed by atoms with Gasteiger partial charge in [-0.15, -0.1) is 22.7 Å². The van der Waals surface area contributed by atoms with Crippen LogP contribution in [0, 0.1) is 40.1 Å². The van der Waals surface area contributed by atoms with Gasteiger partial charge in [0.2, 0.25) is 0 Å². The van der Waals surface area contributed by atoms with E-state index >= 15 is 0 Å². The number of halogens is 5. The predicted octanol–water partition coefficient (Wildman–Crippen LogP) is 7.88. The van der Waals surface area contributed by atoms with E-state index in [1.165, 1.54) is 52.0 Å². The molecule has 0 unspecified atom stereocenters. The molecule has 67 heavy (non-hydrogen) atoms. The Morgan fingerprint density at radius 3 is 1.57 bits per heavy atom. The zero-order valence-electron chi connectivity index (χ0n) is 34.5. The van der Waals surface area contributed by atoms with Gasteiger partial charge in [-0.1, -0.05) is 23.2 Å². The quantitative estimate of drug-likeness (QED) is 0.135. The van der Waals surface area contributed by atoms with Crippen molar-refractivity contribution in [3.8, 4) is 44.4 Å². The number of hydrogen-bond acceptors (Lipinski definition) is 12. The number of imidazole rings is 2. The molecule has 23 heteroatoms. The molecule has 0 saturated carbocycles. The molecule has 0 aliphatic heterocycles. The summed E-state index contributed by atoms with van der Waals surface area (Å²) in [5, 5.41) is 18.4.